The Hall–Kier alpha value is -0.960. The zero-order valence-corrected chi connectivity index (χ0v) is 13.8. The maximum atomic E-state index is 13.0. The van der Waals surface area contributed by atoms with Crippen LogP contribution in [0.4, 0.5) is 0 Å². The molecule has 3 rings (SSSR count). The lowest BCUT2D eigenvalue weighted by Gasteiger charge is -2.33. The lowest BCUT2D eigenvalue weighted by molar-refractivity contribution is -0.0645. The zero-order valence-electron chi connectivity index (χ0n) is 13.0. The number of sulfonamides is 1. The normalized spacial score (nSPS) is 25.0. The van der Waals surface area contributed by atoms with Gasteiger partial charge in [-0.05, 0) is 32.6 Å². The quantitative estimate of drug-likeness (QED) is 0.848. The molecule has 2 heterocycles. The largest absolute Gasteiger partial charge is 0.391 e. The first-order valence-corrected chi connectivity index (χ1v) is 9.20. The maximum absolute atomic E-state index is 13.0. The zero-order chi connectivity index (χ0) is 15.9. The number of ether oxygens (including phenoxy) is 1. The highest BCUT2D eigenvalue weighted by Gasteiger charge is 2.37. The second-order valence-corrected chi connectivity index (χ2v) is 7.93. The summed E-state index contributed by atoms with van der Waals surface area (Å²) in [6.07, 6.45) is 2.50. The third kappa shape index (κ3) is 2.68. The van der Waals surface area contributed by atoms with Gasteiger partial charge in [0.25, 0.3) is 10.0 Å². The molecule has 2 atom stereocenters. The summed E-state index contributed by atoms with van der Waals surface area (Å²) in [4.78, 5) is 0. The van der Waals surface area contributed by atoms with Crippen LogP contribution in [-0.4, -0.2) is 59.5 Å². The Kier molecular flexibility index (Phi) is 4.28. The summed E-state index contributed by atoms with van der Waals surface area (Å²) in [6, 6.07) is 0. The number of aliphatic hydroxyl groups excluding tert-OH is 1. The van der Waals surface area contributed by atoms with Crippen molar-refractivity contribution in [3.8, 4) is 0 Å². The topological polar surface area (TPSA) is 84.7 Å². The van der Waals surface area contributed by atoms with E-state index in [1.165, 1.54) is 8.99 Å². The van der Waals surface area contributed by atoms with E-state index in [4.69, 9.17) is 4.74 Å². The van der Waals surface area contributed by atoms with Gasteiger partial charge in [0, 0.05) is 25.7 Å². The second kappa shape index (κ2) is 5.92. The fourth-order valence-electron chi connectivity index (χ4n) is 3.26. The van der Waals surface area contributed by atoms with Crippen molar-refractivity contribution in [2.45, 2.75) is 49.8 Å². The van der Waals surface area contributed by atoms with Gasteiger partial charge in [-0.3, -0.25) is 4.68 Å². The van der Waals surface area contributed by atoms with Gasteiger partial charge >= 0.3 is 0 Å². The highest BCUT2D eigenvalue weighted by Crippen LogP contribution is 2.29. The van der Waals surface area contributed by atoms with Crippen LogP contribution < -0.4 is 0 Å². The predicted octanol–water partition coefficient (Wildman–Crippen LogP) is 0.0692. The smallest absolute Gasteiger partial charge is 0.260 e. The fraction of sp³-hybridized carbons (Fsp3) is 0.786. The van der Waals surface area contributed by atoms with E-state index in [9.17, 15) is 13.5 Å². The molecule has 1 aromatic rings. The molecule has 0 aromatic carbocycles. The Balaban J connectivity index is 1.95. The van der Waals surface area contributed by atoms with E-state index in [1.54, 1.807) is 14.0 Å². The van der Waals surface area contributed by atoms with Gasteiger partial charge in [-0.15, -0.1) is 0 Å². The van der Waals surface area contributed by atoms with Crippen molar-refractivity contribution in [1.82, 2.24) is 14.1 Å². The number of aliphatic hydroxyl groups is 1. The molecule has 0 amide bonds. The van der Waals surface area contributed by atoms with Crippen LogP contribution in [0.3, 0.4) is 0 Å². The van der Waals surface area contributed by atoms with Gasteiger partial charge in [-0.25, -0.2) is 8.42 Å². The molecule has 22 heavy (non-hydrogen) atoms. The van der Waals surface area contributed by atoms with Crippen LogP contribution in [0.2, 0.25) is 0 Å². The van der Waals surface area contributed by atoms with Gasteiger partial charge in [0.15, 0.2) is 5.03 Å². The number of aromatic nitrogens is 2. The Morgan fingerprint density at radius 2 is 2.09 bits per heavy atom. The third-order valence-electron chi connectivity index (χ3n) is 4.44. The van der Waals surface area contributed by atoms with Crippen LogP contribution in [0.15, 0.2) is 5.03 Å². The number of nitrogens with zero attached hydrogens (tertiary/aromatic N) is 3. The van der Waals surface area contributed by atoms with Crippen LogP contribution in [0.25, 0.3) is 0 Å². The lowest BCUT2D eigenvalue weighted by Crippen LogP contribution is -2.49. The summed E-state index contributed by atoms with van der Waals surface area (Å²) in [7, 11) is -1.92. The molecule has 1 fully saturated rings. The molecule has 0 spiro atoms. The molecule has 124 valence electrons. The molecule has 0 saturated carbocycles. The Morgan fingerprint density at radius 1 is 1.36 bits per heavy atom. The van der Waals surface area contributed by atoms with Crippen LogP contribution >= 0.6 is 0 Å². The lowest BCUT2D eigenvalue weighted by atomic mass is 9.99. The van der Waals surface area contributed by atoms with Crippen molar-refractivity contribution < 1.29 is 18.3 Å². The number of aryl methyl sites for hydroxylation is 2. The van der Waals surface area contributed by atoms with Gasteiger partial charge in [0.05, 0.1) is 24.5 Å². The SMILES string of the molecule is CC(O)C1CN(S(=O)(=O)c2c3c(nn2C)CCCC3)CCO1. The fourth-order valence-corrected chi connectivity index (χ4v) is 5.07. The third-order valence-corrected chi connectivity index (χ3v) is 6.45. The van der Waals surface area contributed by atoms with Gasteiger partial charge in [0.1, 0.15) is 0 Å². The van der Waals surface area contributed by atoms with Gasteiger partial charge in [0.2, 0.25) is 0 Å². The first-order chi connectivity index (χ1) is 10.4. The van der Waals surface area contributed by atoms with Gasteiger partial charge in [-0.1, -0.05) is 0 Å². The van der Waals surface area contributed by atoms with Crippen molar-refractivity contribution in [2.75, 3.05) is 19.7 Å². The van der Waals surface area contributed by atoms with E-state index < -0.39 is 22.2 Å². The molecule has 0 bridgehead atoms. The Bertz CT molecular complexity index is 653. The van der Waals surface area contributed by atoms with Crippen LogP contribution in [0, 0.1) is 0 Å². The van der Waals surface area contributed by atoms with E-state index in [-0.39, 0.29) is 6.54 Å². The summed E-state index contributed by atoms with van der Waals surface area (Å²) in [5.41, 5.74) is 1.78. The van der Waals surface area contributed by atoms with Crippen molar-refractivity contribution in [1.29, 1.82) is 0 Å². The average molecular weight is 329 g/mol. The number of rotatable bonds is 3. The molecule has 1 aromatic heterocycles. The number of hydrogen-bond donors (Lipinski definition) is 1. The van der Waals surface area contributed by atoms with Crippen molar-refractivity contribution in [3.05, 3.63) is 11.3 Å². The molecule has 2 aliphatic rings. The molecular weight excluding hydrogens is 306 g/mol. The first-order valence-electron chi connectivity index (χ1n) is 7.76. The number of hydrogen-bond acceptors (Lipinski definition) is 5. The van der Waals surface area contributed by atoms with E-state index in [0.717, 1.165) is 36.9 Å². The summed E-state index contributed by atoms with van der Waals surface area (Å²) in [5, 5.41) is 14.4. The van der Waals surface area contributed by atoms with E-state index >= 15 is 0 Å². The number of morpholine rings is 1. The average Bonchev–Trinajstić information content (AvgIpc) is 2.83. The van der Waals surface area contributed by atoms with E-state index in [2.05, 4.69) is 5.10 Å². The highest BCUT2D eigenvalue weighted by atomic mass is 32.2. The summed E-state index contributed by atoms with van der Waals surface area (Å²) >= 11 is 0. The summed E-state index contributed by atoms with van der Waals surface area (Å²) in [6.45, 7) is 2.41. The standard InChI is InChI=1S/C14H23N3O4S/c1-10(18)13-9-17(7-8-21-13)22(19,20)14-11-5-3-4-6-12(11)15-16(14)2/h10,13,18H,3-9H2,1-2H3. The minimum atomic E-state index is -3.61. The van der Waals surface area contributed by atoms with Gasteiger partial charge in [-0.2, -0.15) is 9.40 Å². The molecule has 2 unspecified atom stereocenters. The molecule has 1 N–H and O–H groups in total. The first kappa shape index (κ1) is 15.9. The molecular formula is C14H23N3O4S. The van der Waals surface area contributed by atoms with Crippen molar-refractivity contribution in [2.24, 2.45) is 7.05 Å². The van der Waals surface area contributed by atoms with E-state index in [1.807, 2.05) is 0 Å². The molecule has 0 radical (unpaired) electrons. The Morgan fingerprint density at radius 3 is 2.82 bits per heavy atom. The summed E-state index contributed by atoms with van der Waals surface area (Å²) in [5.74, 6) is 0. The van der Waals surface area contributed by atoms with E-state index in [0.29, 0.717) is 18.2 Å². The summed E-state index contributed by atoms with van der Waals surface area (Å²) < 4.78 is 34.4. The maximum Gasteiger partial charge on any atom is 0.260 e. The van der Waals surface area contributed by atoms with Gasteiger partial charge < -0.3 is 9.84 Å². The Labute approximate surface area is 130 Å². The van der Waals surface area contributed by atoms with Crippen molar-refractivity contribution >= 4 is 10.0 Å². The highest BCUT2D eigenvalue weighted by molar-refractivity contribution is 7.89. The minimum Gasteiger partial charge on any atom is -0.391 e. The molecule has 8 heteroatoms. The second-order valence-electron chi connectivity index (χ2n) is 6.07. The van der Waals surface area contributed by atoms with Crippen LogP contribution in [-0.2, 0) is 34.6 Å². The predicted molar refractivity (Wildman–Crippen MR) is 80.0 cm³/mol. The number of fused-ring (bicyclic) bond motifs is 1. The molecule has 7 nitrogen and oxygen atoms in total. The monoisotopic (exact) mass is 329 g/mol. The minimum absolute atomic E-state index is 0.181. The molecule has 1 aliphatic heterocycles. The van der Waals surface area contributed by atoms with Crippen molar-refractivity contribution in [3.63, 3.8) is 0 Å². The molecule has 1 aliphatic carbocycles. The molecule has 1 saturated heterocycles. The van der Waals surface area contributed by atoms with Crippen LogP contribution in [0.1, 0.15) is 31.0 Å². The van der Waals surface area contributed by atoms with Crippen LogP contribution in [0.5, 0.6) is 0 Å².